The second kappa shape index (κ2) is 10.3. The van der Waals surface area contributed by atoms with E-state index in [2.05, 4.69) is 41.6 Å². The van der Waals surface area contributed by atoms with E-state index < -0.39 is 5.82 Å². The molecule has 0 saturated carbocycles. The number of hydrogen-bond acceptors (Lipinski definition) is 6. The molecule has 2 aromatic carbocycles. The second-order valence-electron chi connectivity index (χ2n) is 6.46. The van der Waals surface area contributed by atoms with Crippen molar-refractivity contribution in [1.29, 1.82) is 0 Å². The van der Waals surface area contributed by atoms with E-state index in [1.165, 1.54) is 24.0 Å². The highest BCUT2D eigenvalue weighted by molar-refractivity contribution is 9.10. The zero-order valence-corrected chi connectivity index (χ0v) is 18.9. The fourth-order valence-corrected chi connectivity index (χ4v) is 3.80. The summed E-state index contributed by atoms with van der Waals surface area (Å²) in [6.07, 6.45) is 4.64. The van der Waals surface area contributed by atoms with Crippen LogP contribution in [0.25, 0.3) is 17.1 Å². The minimum Gasteiger partial charge on any atom is -0.272 e. The Morgan fingerprint density at radius 3 is 2.59 bits per heavy atom. The molecule has 7 nitrogen and oxygen atoms in total. The fourth-order valence-electron chi connectivity index (χ4n) is 2.79. The molecule has 0 fully saturated rings. The number of nitrogens with zero attached hydrogens (tertiary/aromatic N) is 5. The van der Waals surface area contributed by atoms with Crippen molar-refractivity contribution in [2.45, 2.75) is 5.16 Å². The first-order valence-corrected chi connectivity index (χ1v) is 11.2. The minimum absolute atomic E-state index is 0.0552. The van der Waals surface area contributed by atoms with Gasteiger partial charge in [-0.2, -0.15) is 5.10 Å². The summed E-state index contributed by atoms with van der Waals surface area (Å²) in [6.45, 7) is 0. The molecular formula is C22H16BrFN6OS. The number of carbonyl (C=O) groups excluding carboxylic acids is 1. The summed E-state index contributed by atoms with van der Waals surface area (Å²) in [6, 6.07) is 17.6. The monoisotopic (exact) mass is 510 g/mol. The lowest BCUT2D eigenvalue weighted by Gasteiger charge is -2.10. The van der Waals surface area contributed by atoms with E-state index in [9.17, 15) is 9.18 Å². The normalized spacial score (nSPS) is 11.1. The second-order valence-corrected chi connectivity index (χ2v) is 8.32. The van der Waals surface area contributed by atoms with Crippen LogP contribution in [0.3, 0.4) is 0 Å². The van der Waals surface area contributed by atoms with Gasteiger partial charge in [-0.25, -0.2) is 9.82 Å². The molecule has 2 heterocycles. The number of thioether (sulfide) groups is 1. The Hall–Kier alpha value is -3.37. The standard InChI is InChI=1S/C22H16BrFN6OS/c23-17-5-7-18(8-6-17)30-21(15-9-11-25-12-10-15)28-29-22(30)32-14-20(31)27-26-13-16-3-1-2-4-19(16)24/h1-13H,14H2,(H,27,31). The quantitative estimate of drug-likeness (QED) is 0.225. The van der Waals surface area contributed by atoms with Crippen LogP contribution in [0, 0.1) is 5.82 Å². The number of benzene rings is 2. The van der Waals surface area contributed by atoms with Crippen LogP contribution in [0.15, 0.2) is 87.8 Å². The highest BCUT2D eigenvalue weighted by Gasteiger charge is 2.17. The van der Waals surface area contributed by atoms with Gasteiger partial charge >= 0.3 is 0 Å². The van der Waals surface area contributed by atoms with Gasteiger partial charge in [-0.15, -0.1) is 10.2 Å². The zero-order valence-electron chi connectivity index (χ0n) is 16.5. The maximum atomic E-state index is 13.6. The van der Waals surface area contributed by atoms with Crippen LogP contribution in [0.5, 0.6) is 0 Å². The van der Waals surface area contributed by atoms with Crippen molar-refractivity contribution in [1.82, 2.24) is 25.2 Å². The van der Waals surface area contributed by atoms with Crippen LogP contribution in [-0.4, -0.2) is 37.6 Å². The fraction of sp³-hybridized carbons (Fsp3) is 0.0455. The first-order valence-electron chi connectivity index (χ1n) is 9.43. The molecule has 160 valence electrons. The molecule has 0 atom stereocenters. The van der Waals surface area contributed by atoms with Gasteiger partial charge in [0.2, 0.25) is 0 Å². The number of rotatable bonds is 7. The van der Waals surface area contributed by atoms with Crippen molar-refractivity contribution in [2.24, 2.45) is 5.10 Å². The molecule has 0 aliphatic rings. The summed E-state index contributed by atoms with van der Waals surface area (Å²) >= 11 is 4.66. The molecule has 0 spiro atoms. The van der Waals surface area contributed by atoms with Gasteiger partial charge in [0.05, 0.1) is 12.0 Å². The Balaban J connectivity index is 1.51. The van der Waals surface area contributed by atoms with E-state index in [1.807, 2.05) is 41.0 Å². The summed E-state index contributed by atoms with van der Waals surface area (Å²) in [5.74, 6) is -0.0701. The van der Waals surface area contributed by atoms with Crippen LogP contribution < -0.4 is 5.43 Å². The highest BCUT2D eigenvalue weighted by Crippen LogP contribution is 2.28. The van der Waals surface area contributed by atoms with Crippen molar-refractivity contribution < 1.29 is 9.18 Å². The van der Waals surface area contributed by atoms with Crippen LogP contribution in [-0.2, 0) is 4.79 Å². The Morgan fingerprint density at radius 2 is 1.84 bits per heavy atom. The summed E-state index contributed by atoms with van der Waals surface area (Å²) in [4.78, 5) is 16.3. The van der Waals surface area contributed by atoms with E-state index in [0.717, 1.165) is 15.7 Å². The Bertz CT molecular complexity index is 1250. The Kier molecular flexibility index (Phi) is 7.03. The van der Waals surface area contributed by atoms with Gasteiger partial charge in [0.1, 0.15) is 5.82 Å². The largest absolute Gasteiger partial charge is 0.272 e. The number of carbonyl (C=O) groups is 1. The third-order valence-electron chi connectivity index (χ3n) is 4.29. The van der Waals surface area contributed by atoms with Crippen LogP contribution in [0.1, 0.15) is 5.56 Å². The number of hydrazone groups is 1. The van der Waals surface area contributed by atoms with Gasteiger partial charge in [0.25, 0.3) is 5.91 Å². The number of aromatic nitrogens is 4. The molecule has 0 saturated heterocycles. The third-order valence-corrected chi connectivity index (χ3v) is 5.74. The minimum atomic E-state index is -0.411. The Labute approximate surface area is 195 Å². The lowest BCUT2D eigenvalue weighted by Crippen LogP contribution is -2.20. The average molecular weight is 511 g/mol. The molecule has 0 radical (unpaired) electrons. The van der Waals surface area contributed by atoms with Gasteiger partial charge in [-0.05, 0) is 42.5 Å². The summed E-state index contributed by atoms with van der Waals surface area (Å²) in [5, 5.41) is 13.0. The molecular weight excluding hydrogens is 495 g/mol. The van der Waals surface area contributed by atoms with Crippen molar-refractivity contribution in [3.05, 3.63) is 88.9 Å². The molecule has 1 N–H and O–H groups in total. The predicted octanol–water partition coefficient (Wildman–Crippen LogP) is 4.47. The molecule has 0 aliphatic heterocycles. The van der Waals surface area contributed by atoms with Gasteiger partial charge < -0.3 is 0 Å². The maximum Gasteiger partial charge on any atom is 0.250 e. The average Bonchev–Trinajstić information content (AvgIpc) is 3.24. The maximum absolute atomic E-state index is 13.6. The first-order chi connectivity index (χ1) is 15.6. The van der Waals surface area contributed by atoms with Crippen molar-refractivity contribution in [2.75, 3.05) is 5.75 Å². The number of hydrogen-bond donors (Lipinski definition) is 1. The molecule has 10 heteroatoms. The lowest BCUT2D eigenvalue weighted by molar-refractivity contribution is -0.118. The third kappa shape index (κ3) is 5.27. The number of pyridine rings is 1. The molecule has 1 amide bonds. The van der Waals surface area contributed by atoms with E-state index in [0.29, 0.717) is 11.0 Å². The highest BCUT2D eigenvalue weighted by atomic mass is 79.9. The number of amides is 1. The van der Waals surface area contributed by atoms with Gasteiger partial charge in [0, 0.05) is 33.7 Å². The zero-order chi connectivity index (χ0) is 22.3. The number of nitrogens with one attached hydrogen (secondary N) is 1. The molecule has 0 bridgehead atoms. The predicted molar refractivity (Wildman–Crippen MR) is 125 cm³/mol. The smallest absolute Gasteiger partial charge is 0.250 e. The van der Waals surface area contributed by atoms with Gasteiger partial charge in [0.15, 0.2) is 11.0 Å². The topological polar surface area (TPSA) is 85.1 Å². The van der Waals surface area contributed by atoms with Crippen LogP contribution in [0.4, 0.5) is 4.39 Å². The molecule has 0 unspecified atom stereocenters. The van der Waals surface area contributed by atoms with E-state index >= 15 is 0 Å². The molecule has 4 rings (SSSR count). The summed E-state index contributed by atoms with van der Waals surface area (Å²) < 4.78 is 16.4. The van der Waals surface area contributed by atoms with Crippen LogP contribution >= 0.6 is 27.7 Å². The van der Waals surface area contributed by atoms with E-state index in [1.54, 1.807) is 30.6 Å². The summed E-state index contributed by atoms with van der Waals surface area (Å²) in [7, 11) is 0. The van der Waals surface area contributed by atoms with Crippen molar-refractivity contribution in [3.63, 3.8) is 0 Å². The molecule has 4 aromatic rings. The molecule has 2 aromatic heterocycles. The van der Waals surface area contributed by atoms with Gasteiger partial charge in [-0.3, -0.25) is 14.3 Å². The SMILES string of the molecule is O=C(CSc1nnc(-c2ccncc2)n1-c1ccc(Br)cc1)NN=Cc1ccccc1F. The van der Waals surface area contributed by atoms with Crippen molar-refractivity contribution >= 4 is 39.8 Å². The summed E-state index contributed by atoms with van der Waals surface area (Å²) in [5.41, 5.74) is 4.39. The molecule has 32 heavy (non-hydrogen) atoms. The lowest BCUT2D eigenvalue weighted by atomic mass is 10.2. The van der Waals surface area contributed by atoms with Crippen LogP contribution in [0.2, 0.25) is 0 Å². The van der Waals surface area contributed by atoms with E-state index in [-0.39, 0.29) is 17.2 Å². The van der Waals surface area contributed by atoms with Gasteiger partial charge in [-0.1, -0.05) is 45.9 Å². The molecule has 0 aliphatic carbocycles. The number of halogens is 2. The van der Waals surface area contributed by atoms with E-state index in [4.69, 9.17) is 0 Å². The van der Waals surface area contributed by atoms with Crippen molar-refractivity contribution in [3.8, 4) is 17.1 Å². The Morgan fingerprint density at radius 1 is 1.09 bits per heavy atom. The first kappa shape index (κ1) is 21.8.